The normalized spacial score (nSPS) is 11.0. The van der Waals surface area contributed by atoms with E-state index < -0.39 is 5.97 Å². The van der Waals surface area contributed by atoms with Crippen molar-refractivity contribution in [2.75, 3.05) is 6.61 Å². The van der Waals surface area contributed by atoms with Gasteiger partial charge in [0, 0.05) is 31.5 Å². The Morgan fingerprint density at radius 1 is 0.955 bits per heavy atom. The first kappa shape index (κ1) is 18.8. The summed E-state index contributed by atoms with van der Waals surface area (Å²) >= 11 is 0. The van der Waals surface area contributed by atoms with E-state index in [-0.39, 0.29) is 0 Å². The molecule has 0 fully saturated rings. The van der Waals surface area contributed by atoms with Gasteiger partial charge in [0.25, 0.3) is 0 Å². The largest absolute Gasteiger partial charge is 0.481 e. The number of aromatic nitrogens is 1. The summed E-state index contributed by atoms with van der Waals surface area (Å²) in [6.45, 7) is 1.38. The van der Waals surface area contributed by atoms with Crippen LogP contribution in [-0.2, 0) is 17.8 Å². The third-order valence-electron chi connectivity index (χ3n) is 4.05. The topological polar surface area (TPSA) is 62.5 Å². The Balaban J connectivity index is 2.08. The summed E-state index contributed by atoms with van der Waals surface area (Å²) in [4.78, 5) is 10.4. The molecule has 0 spiro atoms. The lowest BCUT2D eigenvalue weighted by atomic mass is 10.1. The first-order valence-corrected chi connectivity index (χ1v) is 8.70. The maximum Gasteiger partial charge on any atom is 0.303 e. The van der Waals surface area contributed by atoms with Gasteiger partial charge in [-0.3, -0.25) is 4.79 Å². The molecule has 1 aromatic heterocycles. The molecule has 0 aliphatic carbocycles. The minimum absolute atomic E-state index is 0.305. The quantitative estimate of drug-likeness (QED) is 0.510. The Morgan fingerprint density at radius 3 is 2.41 bits per heavy atom. The Morgan fingerprint density at radius 2 is 1.64 bits per heavy atom. The van der Waals surface area contributed by atoms with E-state index in [1.54, 1.807) is 0 Å². The highest BCUT2D eigenvalue weighted by molar-refractivity contribution is 5.66. The van der Waals surface area contributed by atoms with Gasteiger partial charge in [0.05, 0.1) is 0 Å². The second kappa shape index (κ2) is 12.3. The van der Waals surface area contributed by atoms with Crippen LogP contribution < -0.4 is 0 Å². The Bertz CT molecular complexity index is 401. The number of carboxylic acid groups (broad SMARTS) is 1. The first-order valence-electron chi connectivity index (χ1n) is 8.70. The number of aliphatic carboxylic acids is 1. The molecule has 0 aromatic carbocycles. The van der Waals surface area contributed by atoms with E-state index in [4.69, 9.17) is 10.2 Å². The second-order valence-corrected chi connectivity index (χ2v) is 5.99. The molecule has 1 heterocycles. The summed E-state index contributed by atoms with van der Waals surface area (Å²) in [7, 11) is 0. The van der Waals surface area contributed by atoms with E-state index in [1.165, 1.54) is 31.4 Å². The number of aliphatic hydroxyl groups is 1. The summed E-state index contributed by atoms with van der Waals surface area (Å²) < 4.78 is 2.35. The summed E-state index contributed by atoms with van der Waals surface area (Å²) in [5.41, 5.74) is 1.41. The van der Waals surface area contributed by atoms with Crippen LogP contribution in [0.15, 0.2) is 18.3 Å². The lowest BCUT2D eigenvalue weighted by Crippen LogP contribution is -2.02. The molecule has 1 aromatic rings. The molecule has 22 heavy (non-hydrogen) atoms. The van der Waals surface area contributed by atoms with E-state index in [0.717, 1.165) is 45.1 Å². The fourth-order valence-electron chi connectivity index (χ4n) is 2.75. The van der Waals surface area contributed by atoms with Crippen molar-refractivity contribution in [3.63, 3.8) is 0 Å². The van der Waals surface area contributed by atoms with Crippen LogP contribution in [0.3, 0.4) is 0 Å². The number of hydrogen-bond donors (Lipinski definition) is 2. The molecule has 0 unspecified atom stereocenters. The summed E-state index contributed by atoms with van der Waals surface area (Å²) in [6.07, 6.45) is 13.3. The van der Waals surface area contributed by atoms with Crippen molar-refractivity contribution in [3.8, 4) is 0 Å². The van der Waals surface area contributed by atoms with E-state index in [9.17, 15) is 4.79 Å². The number of aryl methyl sites for hydroxylation is 2. The summed E-state index contributed by atoms with van der Waals surface area (Å²) in [5, 5.41) is 17.3. The number of hydrogen-bond acceptors (Lipinski definition) is 2. The summed E-state index contributed by atoms with van der Waals surface area (Å²) in [6, 6.07) is 4.33. The standard InChI is InChI=1S/C18H31NO3/c20-16-9-5-4-8-14-19-15-10-12-17(19)11-6-2-1-3-7-13-18(21)22/h10,12,15,20H,1-9,11,13-14,16H2,(H,21,22). The lowest BCUT2D eigenvalue weighted by molar-refractivity contribution is -0.137. The molecule has 4 heteroatoms. The van der Waals surface area contributed by atoms with Crippen LogP contribution in [0.5, 0.6) is 0 Å². The van der Waals surface area contributed by atoms with Crippen molar-refractivity contribution >= 4 is 5.97 Å². The number of nitrogens with zero attached hydrogens (tertiary/aromatic N) is 1. The van der Waals surface area contributed by atoms with Gasteiger partial charge in [-0.25, -0.2) is 0 Å². The van der Waals surface area contributed by atoms with Gasteiger partial charge in [-0.15, -0.1) is 0 Å². The minimum Gasteiger partial charge on any atom is -0.481 e. The van der Waals surface area contributed by atoms with Crippen LogP contribution in [0.4, 0.5) is 0 Å². The van der Waals surface area contributed by atoms with E-state index >= 15 is 0 Å². The van der Waals surface area contributed by atoms with Crippen molar-refractivity contribution in [2.45, 2.75) is 77.2 Å². The van der Waals surface area contributed by atoms with Crippen molar-refractivity contribution in [3.05, 3.63) is 24.0 Å². The smallest absolute Gasteiger partial charge is 0.303 e. The van der Waals surface area contributed by atoms with Gasteiger partial charge in [0.15, 0.2) is 0 Å². The number of unbranched alkanes of at least 4 members (excludes halogenated alkanes) is 7. The highest BCUT2D eigenvalue weighted by Gasteiger charge is 2.01. The number of aliphatic hydroxyl groups excluding tert-OH is 1. The van der Waals surface area contributed by atoms with Crippen molar-refractivity contribution < 1.29 is 15.0 Å². The summed E-state index contributed by atoms with van der Waals surface area (Å²) in [5.74, 6) is -0.684. The fraction of sp³-hybridized carbons (Fsp3) is 0.722. The van der Waals surface area contributed by atoms with E-state index in [2.05, 4.69) is 22.9 Å². The second-order valence-electron chi connectivity index (χ2n) is 5.99. The maximum atomic E-state index is 10.4. The monoisotopic (exact) mass is 309 g/mol. The molecule has 0 aliphatic heterocycles. The molecule has 0 saturated carbocycles. The lowest BCUT2D eigenvalue weighted by Gasteiger charge is -2.09. The van der Waals surface area contributed by atoms with Gasteiger partial charge in [-0.1, -0.05) is 32.1 Å². The molecule has 0 atom stereocenters. The van der Waals surface area contributed by atoms with Gasteiger partial charge < -0.3 is 14.8 Å². The van der Waals surface area contributed by atoms with Crippen LogP contribution in [0.2, 0.25) is 0 Å². The van der Waals surface area contributed by atoms with E-state index in [0.29, 0.717) is 13.0 Å². The molecule has 0 bridgehead atoms. The predicted octanol–water partition coefficient (Wildman–Crippen LogP) is 4.01. The Kier molecular flexibility index (Phi) is 10.5. The molecule has 1 rings (SSSR count). The van der Waals surface area contributed by atoms with E-state index in [1.807, 2.05) is 0 Å². The highest BCUT2D eigenvalue weighted by atomic mass is 16.4. The van der Waals surface area contributed by atoms with Gasteiger partial charge in [-0.05, 0) is 44.2 Å². The predicted molar refractivity (Wildman–Crippen MR) is 89.0 cm³/mol. The third kappa shape index (κ3) is 8.88. The van der Waals surface area contributed by atoms with Crippen LogP contribution in [0.1, 0.15) is 69.9 Å². The number of carbonyl (C=O) groups is 1. The van der Waals surface area contributed by atoms with Gasteiger partial charge in [0.1, 0.15) is 0 Å². The van der Waals surface area contributed by atoms with Crippen LogP contribution in [0, 0.1) is 0 Å². The van der Waals surface area contributed by atoms with Crippen LogP contribution in [0.25, 0.3) is 0 Å². The van der Waals surface area contributed by atoms with Crippen LogP contribution in [-0.4, -0.2) is 27.4 Å². The highest BCUT2D eigenvalue weighted by Crippen LogP contribution is 2.12. The maximum absolute atomic E-state index is 10.4. The van der Waals surface area contributed by atoms with Gasteiger partial charge in [-0.2, -0.15) is 0 Å². The zero-order valence-corrected chi connectivity index (χ0v) is 13.7. The molecule has 0 radical (unpaired) electrons. The third-order valence-corrected chi connectivity index (χ3v) is 4.05. The molecule has 4 nitrogen and oxygen atoms in total. The number of carboxylic acids is 1. The van der Waals surface area contributed by atoms with Gasteiger partial charge >= 0.3 is 5.97 Å². The zero-order valence-electron chi connectivity index (χ0n) is 13.7. The van der Waals surface area contributed by atoms with Crippen molar-refractivity contribution in [1.29, 1.82) is 0 Å². The van der Waals surface area contributed by atoms with Crippen LogP contribution >= 0.6 is 0 Å². The van der Waals surface area contributed by atoms with Gasteiger partial charge in [0.2, 0.25) is 0 Å². The zero-order chi connectivity index (χ0) is 16.0. The molecule has 126 valence electrons. The molecule has 2 N–H and O–H groups in total. The SMILES string of the molecule is O=C(O)CCCCCCCc1cccn1CCCCCCO. The Labute approximate surface area is 134 Å². The minimum atomic E-state index is -0.684. The average molecular weight is 309 g/mol. The molecular weight excluding hydrogens is 278 g/mol. The van der Waals surface area contributed by atoms with Crippen molar-refractivity contribution in [2.24, 2.45) is 0 Å². The molecule has 0 aliphatic rings. The molecular formula is C18H31NO3. The molecule has 0 amide bonds. The van der Waals surface area contributed by atoms with Crippen molar-refractivity contribution in [1.82, 2.24) is 4.57 Å². The first-order chi connectivity index (χ1) is 10.7. The Hall–Kier alpha value is -1.29. The molecule has 0 saturated heterocycles. The number of rotatable bonds is 14. The average Bonchev–Trinajstić information content (AvgIpc) is 2.93. The fourth-order valence-corrected chi connectivity index (χ4v) is 2.75.